The molecular formula is C54H70N8O7. The highest BCUT2D eigenvalue weighted by Crippen LogP contribution is 2.41. The van der Waals surface area contributed by atoms with E-state index in [2.05, 4.69) is 84.3 Å². The summed E-state index contributed by atoms with van der Waals surface area (Å²) in [4.78, 5) is 80.1. The largest absolute Gasteiger partial charge is 0.464 e. The number of aromatic nitrogens is 2. The maximum absolute atomic E-state index is 14.8. The van der Waals surface area contributed by atoms with Crippen molar-refractivity contribution in [2.24, 2.45) is 17.3 Å². The van der Waals surface area contributed by atoms with Crippen LogP contribution in [0.25, 0.3) is 33.3 Å². The molecule has 69 heavy (non-hydrogen) atoms. The van der Waals surface area contributed by atoms with Crippen molar-refractivity contribution in [3.63, 3.8) is 0 Å². The van der Waals surface area contributed by atoms with Crippen molar-refractivity contribution in [3.8, 4) is 34.2 Å². The smallest absolute Gasteiger partial charge is 0.324 e. The fourth-order valence-corrected chi connectivity index (χ4v) is 10.2. The molecule has 0 saturated carbocycles. The average molecular weight is 943 g/mol. The third-order valence-corrected chi connectivity index (χ3v) is 13.5. The van der Waals surface area contributed by atoms with Crippen LogP contribution in [0.4, 0.5) is 0 Å². The van der Waals surface area contributed by atoms with Gasteiger partial charge in [-0.05, 0) is 112 Å². The fraction of sp³-hybridized carbons (Fsp3) is 0.519. The zero-order valence-corrected chi connectivity index (χ0v) is 42.1. The number of aryl methyl sites for hydroxylation is 2. The minimum atomic E-state index is -1.06. The van der Waals surface area contributed by atoms with E-state index in [1.54, 1.807) is 25.3 Å². The van der Waals surface area contributed by atoms with Gasteiger partial charge in [0.2, 0.25) is 11.8 Å². The molecule has 4 amide bonds. The van der Waals surface area contributed by atoms with Gasteiger partial charge in [0.25, 0.3) is 11.8 Å². The Balaban J connectivity index is 1.26. The number of esters is 1. The quantitative estimate of drug-likeness (QED) is 0.156. The molecule has 0 radical (unpaired) electrons. The third kappa shape index (κ3) is 11.5. The topological polar surface area (TPSA) is 159 Å². The number of pyridine rings is 1. The van der Waals surface area contributed by atoms with Crippen LogP contribution < -0.4 is 10.7 Å². The van der Waals surface area contributed by atoms with Crippen LogP contribution in [0.15, 0.2) is 54.7 Å². The number of rotatable bonds is 10. The number of hydrogen-bond acceptors (Lipinski definition) is 10. The van der Waals surface area contributed by atoms with Crippen LogP contribution in [-0.2, 0) is 59.4 Å². The van der Waals surface area contributed by atoms with Crippen LogP contribution in [0, 0.1) is 36.0 Å². The summed E-state index contributed by atoms with van der Waals surface area (Å²) in [6.07, 6.45) is 3.99. The number of cyclic esters (lactones) is 1. The average Bonchev–Trinajstić information content (AvgIpc) is 3.93. The van der Waals surface area contributed by atoms with E-state index >= 15 is 0 Å². The molecule has 6 bridgehead atoms. The van der Waals surface area contributed by atoms with E-state index in [0.29, 0.717) is 58.5 Å². The Kier molecular flexibility index (Phi) is 16.0. The van der Waals surface area contributed by atoms with E-state index in [4.69, 9.17) is 14.5 Å². The molecule has 15 nitrogen and oxygen atoms in total. The van der Waals surface area contributed by atoms with Crippen LogP contribution in [0.5, 0.6) is 0 Å². The maximum atomic E-state index is 14.8. The van der Waals surface area contributed by atoms with Gasteiger partial charge in [0.1, 0.15) is 18.1 Å². The van der Waals surface area contributed by atoms with Crippen molar-refractivity contribution in [2.45, 2.75) is 105 Å². The maximum Gasteiger partial charge on any atom is 0.324 e. The second-order valence-electron chi connectivity index (χ2n) is 20.4. The highest BCUT2D eigenvalue weighted by atomic mass is 16.5. The van der Waals surface area contributed by atoms with Crippen molar-refractivity contribution in [1.29, 1.82) is 0 Å². The summed E-state index contributed by atoms with van der Waals surface area (Å²) in [5.74, 6) is 2.83. The number of benzene rings is 2. The van der Waals surface area contributed by atoms with Gasteiger partial charge in [-0.1, -0.05) is 63.4 Å². The molecule has 1 unspecified atom stereocenters. The number of ether oxygens (including phenoxy) is 2. The van der Waals surface area contributed by atoms with Crippen molar-refractivity contribution >= 4 is 40.5 Å². The van der Waals surface area contributed by atoms with Gasteiger partial charge in [0, 0.05) is 74.8 Å². The number of hydrogen-bond donors (Lipinski definition) is 2. The SMILES string of the molecule is CCn1c(-c2cccnc2COC)c2c3cc(ccc31)-c1cc(C)cc(c1)C[C@H](NC(=O)C(C(C)C)N(C)C(=O)[C@H]1CCN(C(=O)C#CCN(C)C)C1)C(=O)N1CCC[C@H](N1)C(=O)OCC(C)(C)C2. The first kappa shape index (κ1) is 50.8. The summed E-state index contributed by atoms with van der Waals surface area (Å²) in [5, 5.41) is 5.61. The predicted molar refractivity (Wildman–Crippen MR) is 266 cm³/mol. The van der Waals surface area contributed by atoms with E-state index in [0.717, 1.165) is 55.7 Å². The van der Waals surface area contributed by atoms with Gasteiger partial charge in [-0.15, -0.1) is 0 Å². The summed E-state index contributed by atoms with van der Waals surface area (Å²) in [6, 6.07) is 14.1. The molecule has 5 heterocycles. The minimum Gasteiger partial charge on any atom is -0.464 e. The minimum absolute atomic E-state index is 0.136. The Morgan fingerprint density at radius 3 is 2.55 bits per heavy atom. The Morgan fingerprint density at radius 1 is 1.04 bits per heavy atom. The lowest BCUT2D eigenvalue weighted by atomic mass is 9.84. The monoisotopic (exact) mass is 943 g/mol. The van der Waals surface area contributed by atoms with Gasteiger partial charge in [-0.25, -0.2) is 5.43 Å². The van der Waals surface area contributed by atoms with Crippen LogP contribution in [-0.4, -0.2) is 138 Å². The van der Waals surface area contributed by atoms with Gasteiger partial charge in [0.05, 0.1) is 37.1 Å². The normalized spacial score (nSPS) is 20.0. The number of carbonyl (C=O) groups is 5. The van der Waals surface area contributed by atoms with Crippen molar-refractivity contribution < 1.29 is 33.4 Å². The van der Waals surface area contributed by atoms with E-state index in [1.807, 2.05) is 51.9 Å². The molecule has 2 aromatic heterocycles. The highest BCUT2D eigenvalue weighted by molar-refractivity contribution is 5.97. The molecule has 0 spiro atoms. The van der Waals surface area contributed by atoms with Crippen LogP contribution in [0.3, 0.4) is 0 Å². The molecule has 368 valence electrons. The molecule has 15 heteroatoms. The Hall–Kier alpha value is -6.08. The number of carbonyl (C=O) groups excluding carboxylic acids is 5. The first-order valence-corrected chi connectivity index (χ1v) is 24.3. The first-order chi connectivity index (χ1) is 32.9. The Bertz CT molecular complexity index is 2640. The number of fused-ring (bicyclic) bond motifs is 6. The summed E-state index contributed by atoms with van der Waals surface area (Å²) < 4.78 is 14.1. The molecule has 0 aliphatic carbocycles. The Labute approximate surface area is 407 Å². The van der Waals surface area contributed by atoms with Crippen LogP contribution in [0.1, 0.15) is 76.3 Å². The zero-order valence-electron chi connectivity index (χ0n) is 42.1. The number of nitrogens with zero attached hydrogens (tertiary/aromatic N) is 6. The molecule has 3 aliphatic heterocycles. The number of amides is 4. The number of nitrogens with one attached hydrogen (secondary N) is 2. The van der Waals surface area contributed by atoms with E-state index in [9.17, 15) is 24.0 Å². The van der Waals surface area contributed by atoms with E-state index < -0.39 is 47.2 Å². The lowest BCUT2D eigenvalue weighted by Gasteiger charge is -2.37. The van der Waals surface area contributed by atoms with Crippen LogP contribution >= 0.6 is 0 Å². The fourth-order valence-electron chi connectivity index (χ4n) is 10.2. The first-order valence-electron chi connectivity index (χ1n) is 24.3. The number of likely N-dealkylation sites (N-methyl/N-ethyl adjacent to an activating group) is 1. The van der Waals surface area contributed by atoms with Crippen LogP contribution in [0.2, 0.25) is 0 Å². The van der Waals surface area contributed by atoms with E-state index in [1.165, 1.54) is 9.91 Å². The molecular weight excluding hydrogens is 873 g/mol. The molecule has 7 rings (SSSR count). The van der Waals surface area contributed by atoms with Gasteiger partial charge in [-0.3, -0.25) is 38.9 Å². The number of hydrazine groups is 1. The van der Waals surface area contributed by atoms with Crippen molar-refractivity contribution in [3.05, 3.63) is 77.1 Å². The van der Waals surface area contributed by atoms with E-state index in [-0.39, 0.29) is 37.3 Å². The lowest BCUT2D eigenvalue weighted by molar-refractivity contribution is -0.155. The number of methoxy groups -OCH3 is 1. The standard InChI is InChI=1S/C54H70N8O7/c1-11-61-46-19-18-37-29-41(46)42(49(61)40-15-12-21-55-45(40)32-68-10)30-54(5,6)33-69-53(67)43-16-13-23-62(57-43)52(66)44(28-36-25-35(4)26-39(37)27-36)56-50(64)48(34(2)3)59(9)51(65)38-20-24-60(31-38)47(63)17-14-22-58(7)8/h12,15,18-19,21,25-27,29,34,38,43-44,48,57H,11,13,16,20,22-24,28,30-33H2,1-10H3,(H,56,64)/t38-,43-,44-,48?/m0/s1. The summed E-state index contributed by atoms with van der Waals surface area (Å²) in [7, 11) is 7.04. The lowest BCUT2D eigenvalue weighted by Crippen LogP contribution is -2.62. The molecule has 2 N–H and O–H groups in total. The number of likely N-dealkylation sites (tertiary alicyclic amines) is 1. The van der Waals surface area contributed by atoms with Crippen molar-refractivity contribution in [2.75, 3.05) is 61.0 Å². The zero-order chi connectivity index (χ0) is 49.7. The predicted octanol–water partition coefficient (Wildman–Crippen LogP) is 5.39. The Morgan fingerprint density at radius 2 is 1.83 bits per heavy atom. The molecule has 2 aromatic carbocycles. The summed E-state index contributed by atoms with van der Waals surface area (Å²) in [6.45, 7) is 14.7. The molecule has 2 fully saturated rings. The molecule has 3 aliphatic rings. The van der Waals surface area contributed by atoms with Crippen molar-refractivity contribution in [1.82, 2.24) is 40.0 Å². The van der Waals surface area contributed by atoms with Gasteiger partial charge in [0.15, 0.2) is 0 Å². The molecule has 4 aromatic rings. The highest BCUT2D eigenvalue weighted by Gasteiger charge is 2.40. The van der Waals surface area contributed by atoms with Gasteiger partial charge >= 0.3 is 5.97 Å². The summed E-state index contributed by atoms with van der Waals surface area (Å²) in [5.41, 5.74) is 11.5. The molecule has 4 atom stereocenters. The summed E-state index contributed by atoms with van der Waals surface area (Å²) >= 11 is 0. The van der Waals surface area contributed by atoms with Gasteiger partial charge in [-0.2, -0.15) is 0 Å². The third-order valence-electron chi connectivity index (χ3n) is 13.5. The second-order valence-corrected chi connectivity index (χ2v) is 20.4. The second kappa shape index (κ2) is 21.7. The molecule has 2 saturated heterocycles. The van der Waals surface area contributed by atoms with Gasteiger partial charge < -0.3 is 29.2 Å².